The zero-order valence-electron chi connectivity index (χ0n) is 14.9. The van der Waals surface area contributed by atoms with Gasteiger partial charge in [-0.25, -0.2) is 0 Å². The molecule has 0 aliphatic heterocycles. The summed E-state index contributed by atoms with van der Waals surface area (Å²) in [5.74, 6) is -0.0893. The zero-order valence-corrected chi connectivity index (χ0v) is 14.9. The highest BCUT2D eigenvalue weighted by Crippen LogP contribution is 2.39. The van der Waals surface area contributed by atoms with Crippen LogP contribution in [-0.4, -0.2) is 22.9 Å². The van der Waals surface area contributed by atoms with E-state index in [-0.39, 0.29) is 24.3 Å². The van der Waals surface area contributed by atoms with E-state index in [4.69, 9.17) is 4.74 Å². The standard InChI is InChI=1S/C22H21NO3/c1-14-12-17(14)22(25)26-13-19(24)20-16-10-6-7-11-18(16)23(2)21(20)15-8-4-3-5-9-15/h3-11,14,17H,12-13H2,1-2H3/t14-,17+/m0/s1. The average molecular weight is 347 g/mol. The van der Waals surface area contributed by atoms with Crippen LogP contribution in [0.3, 0.4) is 0 Å². The third-order valence-electron chi connectivity index (χ3n) is 5.19. The molecule has 0 saturated heterocycles. The van der Waals surface area contributed by atoms with Crippen molar-refractivity contribution in [3.05, 3.63) is 60.2 Å². The lowest BCUT2D eigenvalue weighted by Crippen LogP contribution is -2.16. The van der Waals surface area contributed by atoms with E-state index < -0.39 is 0 Å². The number of aryl methyl sites for hydroxylation is 1. The van der Waals surface area contributed by atoms with Crippen LogP contribution in [0.1, 0.15) is 23.7 Å². The second-order valence-electron chi connectivity index (χ2n) is 7.02. The molecule has 2 atom stereocenters. The topological polar surface area (TPSA) is 48.3 Å². The summed E-state index contributed by atoms with van der Waals surface area (Å²) in [4.78, 5) is 25.0. The SMILES string of the molecule is C[C@H]1C[C@H]1C(=O)OCC(=O)c1c(-c2ccccc2)n(C)c2ccccc12. The van der Waals surface area contributed by atoms with Gasteiger partial charge in [0.1, 0.15) is 0 Å². The molecule has 1 aromatic heterocycles. The maximum absolute atomic E-state index is 13.0. The number of carbonyl (C=O) groups is 2. The van der Waals surface area contributed by atoms with Gasteiger partial charge in [-0.2, -0.15) is 0 Å². The molecular formula is C22H21NO3. The molecule has 0 spiro atoms. The van der Waals surface area contributed by atoms with Crippen molar-refractivity contribution in [1.82, 2.24) is 4.57 Å². The maximum atomic E-state index is 13.0. The number of carbonyl (C=O) groups excluding carboxylic acids is 2. The fourth-order valence-corrected chi connectivity index (χ4v) is 3.58. The van der Waals surface area contributed by atoms with E-state index in [9.17, 15) is 9.59 Å². The van der Waals surface area contributed by atoms with E-state index >= 15 is 0 Å². The molecule has 3 aromatic rings. The lowest BCUT2D eigenvalue weighted by atomic mass is 10.0. The molecule has 1 fully saturated rings. The summed E-state index contributed by atoms with van der Waals surface area (Å²) in [6.07, 6.45) is 0.858. The quantitative estimate of drug-likeness (QED) is 0.513. The van der Waals surface area contributed by atoms with Crippen LogP contribution >= 0.6 is 0 Å². The molecule has 0 bridgehead atoms. The third kappa shape index (κ3) is 2.81. The Balaban J connectivity index is 1.73. The molecule has 0 amide bonds. The number of fused-ring (bicyclic) bond motifs is 1. The third-order valence-corrected chi connectivity index (χ3v) is 5.19. The first-order valence-electron chi connectivity index (χ1n) is 8.90. The summed E-state index contributed by atoms with van der Waals surface area (Å²) in [7, 11) is 1.96. The number of nitrogens with zero attached hydrogens (tertiary/aromatic N) is 1. The molecule has 132 valence electrons. The van der Waals surface area contributed by atoms with Gasteiger partial charge in [-0.3, -0.25) is 9.59 Å². The minimum absolute atomic E-state index is 0.0380. The summed E-state index contributed by atoms with van der Waals surface area (Å²) in [5, 5.41) is 0.884. The Kier molecular flexibility index (Phi) is 4.11. The first-order chi connectivity index (χ1) is 12.6. The smallest absolute Gasteiger partial charge is 0.309 e. The molecule has 4 nitrogen and oxygen atoms in total. The molecule has 1 saturated carbocycles. The van der Waals surface area contributed by atoms with E-state index in [1.807, 2.05) is 73.1 Å². The van der Waals surface area contributed by atoms with Crippen molar-refractivity contribution in [2.24, 2.45) is 18.9 Å². The highest BCUT2D eigenvalue weighted by atomic mass is 16.5. The van der Waals surface area contributed by atoms with Crippen LogP contribution in [0.2, 0.25) is 0 Å². The number of benzene rings is 2. The second-order valence-corrected chi connectivity index (χ2v) is 7.02. The molecule has 2 aromatic carbocycles. The minimum atomic E-state index is -0.257. The van der Waals surface area contributed by atoms with Gasteiger partial charge < -0.3 is 9.30 Å². The van der Waals surface area contributed by atoms with Crippen molar-refractivity contribution in [2.45, 2.75) is 13.3 Å². The van der Waals surface area contributed by atoms with Gasteiger partial charge in [0.2, 0.25) is 5.78 Å². The summed E-state index contributed by atoms with van der Waals surface area (Å²) in [6, 6.07) is 17.7. The van der Waals surface area contributed by atoms with E-state index in [0.29, 0.717) is 11.5 Å². The summed E-state index contributed by atoms with van der Waals surface area (Å²) < 4.78 is 7.33. The van der Waals surface area contributed by atoms with Gasteiger partial charge in [-0.05, 0) is 24.0 Å². The molecule has 0 N–H and O–H groups in total. The molecule has 26 heavy (non-hydrogen) atoms. The van der Waals surface area contributed by atoms with Crippen LogP contribution < -0.4 is 0 Å². The van der Waals surface area contributed by atoms with Crippen LogP contribution in [0, 0.1) is 11.8 Å². The van der Waals surface area contributed by atoms with Crippen molar-refractivity contribution in [3.63, 3.8) is 0 Å². The number of rotatable bonds is 5. The monoisotopic (exact) mass is 347 g/mol. The van der Waals surface area contributed by atoms with Crippen molar-refractivity contribution in [2.75, 3.05) is 6.61 Å². The molecule has 0 radical (unpaired) electrons. The summed E-state index contributed by atoms with van der Waals surface area (Å²) >= 11 is 0. The molecule has 4 heteroatoms. The fourth-order valence-electron chi connectivity index (χ4n) is 3.58. The van der Waals surface area contributed by atoms with Crippen LogP contribution in [0.4, 0.5) is 0 Å². The number of ketones is 1. The Morgan fingerprint density at radius 3 is 2.42 bits per heavy atom. The normalized spacial score (nSPS) is 18.7. The van der Waals surface area contributed by atoms with Crippen molar-refractivity contribution < 1.29 is 14.3 Å². The van der Waals surface area contributed by atoms with E-state index in [2.05, 4.69) is 0 Å². The highest BCUT2D eigenvalue weighted by Gasteiger charge is 2.40. The van der Waals surface area contributed by atoms with Gasteiger partial charge in [0.15, 0.2) is 6.61 Å². The van der Waals surface area contributed by atoms with E-state index in [0.717, 1.165) is 28.6 Å². The lowest BCUT2D eigenvalue weighted by molar-refractivity contribution is -0.144. The maximum Gasteiger partial charge on any atom is 0.309 e. The van der Waals surface area contributed by atoms with Crippen LogP contribution in [0.25, 0.3) is 22.2 Å². The Morgan fingerprint density at radius 2 is 1.73 bits per heavy atom. The fraction of sp³-hybridized carbons (Fsp3) is 0.273. The molecule has 1 aliphatic carbocycles. The molecule has 4 rings (SSSR count). The van der Waals surface area contributed by atoms with E-state index in [1.54, 1.807) is 0 Å². The highest BCUT2D eigenvalue weighted by molar-refractivity contribution is 6.14. The van der Waals surface area contributed by atoms with Gasteiger partial charge in [0.25, 0.3) is 0 Å². The number of hydrogen-bond acceptors (Lipinski definition) is 3. The molecule has 1 aliphatic rings. The number of Topliss-reactive ketones (excluding diaryl/α,β-unsaturated/α-hetero) is 1. The molecule has 1 heterocycles. The average Bonchev–Trinajstić information content (AvgIpc) is 3.33. The van der Waals surface area contributed by atoms with Gasteiger partial charge in [0, 0.05) is 18.0 Å². The van der Waals surface area contributed by atoms with Crippen LogP contribution in [0.15, 0.2) is 54.6 Å². The van der Waals surface area contributed by atoms with Crippen molar-refractivity contribution in [3.8, 4) is 11.3 Å². The Labute approximate surface area is 152 Å². The van der Waals surface area contributed by atoms with Crippen molar-refractivity contribution >= 4 is 22.7 Å². The minimum Gasteiger partial charge on any atom is -0.457 e. The van der Waals surface area contributed by atoms with E-state index in [1.165, 1.54) is 0 Å². The first kappa shape index (κ1) is 16.6. The molecule has 0 unspecified atom stereocenters. The Bertz CT molecular complexity index is 987. The number of esters is 1. The summed E-state index contributed by atoms with van der Waals surface area (Å²) in [6.45, 7) is 1.81. The van der Waals surface area contributed by atoms with Gasteiger partial charge in [-0.15, -0.1) is 0 Å². The number of ether oxygens (including phenoxy) is 1. The predicted octanol–water partition coefficient (Wildman–Crippen LogP) is 4.23. The van der Waals surface area contributed by atoms with Crippen LogP contribution in [-0.2, 0) is 16.6 Å². The van der Waals surface area contributed by atoms with Gasteiger partial charge in [-0.1, -0.05) is 55.5 Å². The Morgan fingerprint density at radius 1 is 1.08 bits per heavy atom. The van der Waals surface area contributed by atoms with Gasteiger partial charge in [0.05, 0.1) is 17.2 Å². The lowest BCUT2D eigenvalue weighted by Gasteiger charge is -2.08. The van der Waals surface area contributed by atoms with Crippen molar-refractivity contribution in [1.29, 1.82) is 0 Å². The zero-order chi connectivity index (χ0) is 18.3. The number of aromatic nitrogens is 1. The largest absolute Gasteiger partial charge is 0.457 e. The number of hydrogen-bond donors (Lipinski definition) is 0. The van der Waals surface area contributed by atoms with Gasteiger partial charge >= 0.3 is 5.97 Å². The Hall–Kier alpha value is -2.88. The molecular weight excluding hydrogens is 326 g/mol. The first-order valence-corrected chi connectivity index (χ1v) is 8.90. The number of para-hydroxylation sites is 1. The van der Waals surface area contributed by atoms with Crippen LogP contribution in [0.5, 0.6) is 0 Å². The summed E-state index contributed by atoms with van der Waals surface area (Å²) in [5.41, 5.74) is 3.42. The second kappa shape index (κ2) is 6.45. The predicted molar refractivity (Wildman–Crippen MR) is 101 cm³/mol.